The van der Waals surface area contributed by atoms with Crippen molar-refractivity contribution in [1.29, 1.82) is 0 Å². The van der Waals surface area contributed by atoms with Crippen LogP contribution in [0.1, 0.15) is 30.9 Å². The average molecular weight is 488 g/mol. The summed E-state index contributed by atoms with van der Waals surface area (Å²) < 4.78 is 11.2. The fraction of sp³-hybridized carbons (Fsp3) is 0.333. The van der Waals surface area contributed by atoms with E-state index < -0.39 is 17.9 Å². The summed E-state index contributed by atoms with van der Waals surface area (Å²) in [5.41, 5.74) is 1.72. The average Bonchev–Trinajstić information content (AvgIpc) is 2.56. The Kier molecular flexibility index (Phi) is 10.0. The van der Waals surface area contributed by atoms with Crippen molar-refractivity contribution in [1.82, 2.24) is 9.97 Å². The van der Waals surface area contributed by atoms with Gasteiger partial charge in [-0.2, -0.15) is 0 Å². The fourth-order valence-electron chi connectivity index (χ4n) is 1.92. The first kappa shape index (κ1) is 22.2. The molecule has 0 aliphatic carbocycles. The summed E-state index contributed by atoms with van der Waals surface area (Å²) in [7, 11) is 0. The number of aromatic nitrogens is 2. The molecule has 0 N–H and O–H groups in total. The molecule has 0 aliphatic rings. The molecular formula is C18H20Br2N2O4. The highest BCUT2D eigenvalue weighted by atomic mass is 79.9. The standard InChI is InChI=1S/C12H14BrNO4.C6H6BrN/c1-3-17-11(15)10(12(16)18-4-2)8-5-6-14-9(13)7-8;1-5-2-3-8-6(7)4-5/h5-7,10H,3-4H2,1-2H3;2-4H,1H3. The van der Waals surface area contributed by atoms with Crippen molar-refractivity contribution in [3.05, 3.63) is 57.0 Å². The molecule has 0 fully saturated rings. The number of pyridine rings is 2. The number of carbonyl (C=O) groups is 2. The number of carbonyl (C=O) groups excluding carboxylic acids is 2. The predicted octanol–water partition coefficient (Wildman–Crippen LogP) is 4.21. The van der Waals surface area contributed by atoms with Crippen LogP contribution < -0.4 is 0 Å². The van der Waals surface area contributed by atoms with Gasteiger partial charge in [-0.15, -0.1) is 0 Å². The van der Waals surface area contributed by atoms with Crippen LogP contribution in [0.25, 0.3) is 0 Å². The van der Waals surface area contributed by atoms with Gasteiger partial charge < -0.3 is 9.47 Å². The maximum absolute atomic E-state index is 11.8. The molecule has 140 valence electrons. The Hall–Kier alpha value is -1.80. The summed E-state index contributed by atoms with van der Waals surface area (Å²) in [5, 5.41) is 0. The van der Waals surface area contributed by atoms with Crippen molar-refractivity contribution in [3.63, 3.8) is 0 Å². The first-order valence-electron chi connectivity index (χ1n) is 7.91. The number of halogens is 2. The molecule has 0 atom stereocenters. The fourth-order valence-corrected chi connectivity index (χ4v) is 2.78. The van der Waals surface area contributed by atoms with E-state index in [1.54, 1.807) is 32.2 Å². The van der Waals surface area contributed by atoms with Crippen LogP contribution in [0, 0.1) is 6.92 Å². The van der Waals surface area contributed by atoms with E-state index in [4.69, 9.17) is 9.47 Å². The van der Waals surface area contributed by atoms with Gasteiger partial charge >= 0.3 is 11.9 Å². The second-order valence-electron chi connectivity index (χ2n) is 5.00. The van der Waals surface area contributed by atoms with Crippen molar-refractivity contribution < 1.29 is 19.1 Å². The van der Waals surface area contributed by atoms with Crippen molar-refractivity contribution in [3.8, 4) is 0 Å². The SMILES string of the molecule is CCOC(=O)C(C(=O)OCC)c1ccnc(Br)c1.Cc1ccnc(Br)c1. The first-order chi connectivity index (χ1) is 12.4. The summed E-state index contributed by atoms with van der Waals surface area (Å²) in [6, 6.07) is 7.12. The Morgan fingerprint density at radius 3 is 1.85 bits per heavy atom. The smallest absolute Gasteiger partial charge is 0.324 e. The lowest BCUT2D eigenvalue weighted by atomic mass is 10.0. The number of hydrogen-bond acceptors (Lipinski definition) is 6. The van der Waals surface area contributed by atoms with Crippen molar-refractivity contribution in [2.24, 2.45) is 0 Å². The van der Waals surface area contributed by atoms with Gasteiger partial charge in [0, 0.05) is 12.4 Å². The van der Waals surface area contributed by atoms with Gasteiger partial charge in [0.1, 0.15) is 9.21 Å². The van der Waals surface area contributed by atoms with E-state index in [2.05, 4.69) is 41.8 Å². The van der Waals surface area contributed by atoms with E-state index in [0.29, 0.717) is 10.2 Å². The van der Waals surface area contributed by atoms with Gasteiger partial charge in [0.25, 0.3) is 0 Å². The highest BCUT2D eigenvalue weighted by Gasteiger charge is 2.31. The Morgan fingerprint density at radius 2 is 1.46 bits per heavy atom. The molecule has 2 heterocycles. The number of hydrogen-bond donors (Lipinski definition) is 0. The number of rotatable bonds is 5. The zero-order chi connectivity index (χ0) is 19.5. The molecule has 0 amide bonds. The number of esters is 2. The molecule has 0 radical (unpaired) electrons. The maximum atomic E-state index is 11.8. The summed E-state index contributed by atoms with van der Waals surface area (Å²) in [5.74, 6) is -2.30. The zero-order valence-electron chi connectivity index (χ0n) is 14.7. The molecule has 26 heavy (non-hydrogen) atoms. The van der Waals surface area contributed by atoms with Crippen LogP contribution in [0.2, 0.25) is 0 Å². The molecule has 0 saturated carbocycles. The van der Waals surface area contributed by atoms with E-state index in [-0.39, 0.29) is 13.2 Å². The van der Waals surface area contributed by atoms with Crippen LogP contribution in [-0.2, 0) is 19.1 Å². The number of ether oxygens (including phenoxy) is 2. The monoisotopic (exact) mass is 486 g/mol. The van der Waals surface area contributed by atoms with Crippen LogP contribution in [0.3, 0.4) is 0 Å². The third-order valence-corrected chi connectivity index (χ3v) is 3.88. The summed E-state index contributed by atoms with van der Waals surface area (Å²) in [6.45, 7) is 5.82. The molecule has 0 spiro atoms. The normalized spacial score (nSPS) is 9.92. The molecule has 2 rings (SSSR count). The molecule has 0 bridgehead atoms. The van der Waals surface area contributed by atoms with Gasteiger partial charge in [-0.1, -0.05) is 0 Å². The second-order valence-corrected chi connectivity index (χ2v) is 6.63. The molecule has 2 aromatic heterocycles. The highest BCUT2D eigenvalue weighted by molar-refractivity contribution is 9.10. The molecule has 8 heteroatoms. The van der Waals surface area contributed by atoms with Crippen molar-refractivity contribution in [2.75, 3.05) is 13.2 Å². The molecule has 0 aromatic carbocycles. The van der Waals surface area contributed by atoms with Crippen LogP contribution in [-0.4, -0.2) is 35.1 Å². The van der Waals surface area contributed by atoms with Gasteiger partial charge in [-0.05, 0) is 88.0 Å². The zero-order valence-corrected chi connectivity index (χ0v) is 17.9. The van der Waals surface area contributed by atoms with Gasteiger partial charge in [0.2, 0.25) is 0 Å². The number of aryl methyl sites for hydroxylation is 1. The summed E-state index contributed by atoms with van der Waals surface area (Å²) in [4.78, 5) is 31.5. The highest BCUT2D eigenvalue weighted by Crippen LogP contribution is 2.21. The van der Waals surface area contributed by atoms with E-state index >= 15 is 0 Å². The summed E-state index contributed by atoms with van der Waals surface area (Å²) in [6.07, 6.45) is 3.28. The molecule has 0 aliphatic heterocycles. The molecular weight excluding hydrogens is 468 g/mol. The van der Waals surface area contributed by atoms with E-state index in [9.17, 15) is 9.59 Å². The minimum atomic E-state index is -1.07. The topological polar surface area (TPSA) is 78.4 Å². The third kappa shape index (κ3) is 7.61. The lowest BCUT2D eigenvalue weighted by Crippen LogP contribution is -2.26. The molecule has 6 nitrogen and oxygen atoms in total. The van der Waals surface area contributed by atoms with Gasteiger partial charge in [0.05, 0.1) is 13.2 Å². The lowest BCUT2D eigenvalue weighted by molar-refractivity contribution is -0.156. The van der Waals surface area contributed by atoms with Crippen LogP contribution in [0.5, 0.6) is 0 Å². The van der Waals surface area contributed by atoms with Crippen molar-refractivity contribution in [2.45, 2.75) is 26.7 Å². The van der Waals surface area contributed by atoms with Crippen molar-refractivity contribution >= 4 is 43.8 Å². The Bertz CT molecular complexity index is 705. The maximum Gasteiger partial charge on any atom is 0.324 e. The largest absolute Gasteiger partial charge is 0.465 e. The van der Waals surface area contributed by atoms with E-state index in [1.807, 2.05) is 19.1 Å². The lowest BCUT2D eigenvalue weighted by Gasteiger charge is -2.14. The Labute approximate surface area is 169 Å². The second kappa shape index (κ2) is 11.7. The van der Waals surface area contributed by atoms with Gasteiger partial charge in [0.15, 0.2) is 5.92 Å². The predicted molar refractivity (Wildman–Crippen MR) is 105 cm³/mol. The van der Waals surface area contributed by atoms with Gasteiger partial charge in [-0.25, -0.2) is 9.97 Å². The quantitative estimate of drug-likeness (QED) is 0.357. The van der Waals surface area contributed by atoms with Crippen LogP contribution >= 0.6 is 31.9 Å². The molecule has 0 unspecified atom stereocenters. The van der Waals surface area contributed by atoms with Crippen LogP contribution in [0.4, 0.5) is 0 Å². The molecule has 2 aromatic rings. The van der Waals surface area contributed by atoms with Crippen LogP contribution in [0.15, 0.2) is 45.9 Å². The Morgan fingerprint density at radius 1 is 0.962 bits per heavy atom. The molecule has 0 saturated heterocycles. The van der Waals surface area contributed by atoms with E-state index in [0.717, 1.165) is 4.60 Å². The number of nitrogens with zero attached hydrogens (tertiary/aromatic N) is 2. The minimum absolute atomic E-state index is 0.209. The van der Waals surface area contributed by atoms with E-state index in [1.165, 1.54) is 11.8 Å². The Balaban J connectivity index is 0.000000350. The third-order valence-electron chi connectivity index (χ3n) is 3.01. The first-order valence-corrected chi connectivity index (χ1v) is 9.50. The minimum Gasteiger partial charge on any atom is -0.465 e. The summed E-state index contributed by atoms with van der Waals surface area (Å²) >= 11 is 6.44. The van der Waals surface area contributed by atoms with Gasteiger partial charge in [-0.3, -0.25) is 9.59 Å².